The highest BCUT2D eigenvalue weighted by Crippen LogP contribution is 2.02. The molecule has 0 atom stereocenters. The normalized spacial score (nSPS) is 11.1. The maximum absolute atomic E-state index is 11.3. The first-order valence-corrected chi connectivity index (χ1v) is 5.30. The first-order valence-electron chi connectivity index (χ1n) is 4.92. The van der Waals surface area contributed by atoms with Crippen molar-refractivity contribution in [1.29, 1.82) is 0 Å². The predicted molar refractivity (Wildman–Crippen MR) is 65.5 cm³/mol. The Morgan fingerprint density at radius 3 is 2.69 bits per heavy atom. The van der Waals surface area contributed by atoms with Gasteiger partial charge in [0, 0.05) is 6.07 Å². The molecule has 0 aliphatic rings. The van der Waals surface area contributed by atoms with E-state index in [2.05, 4.69) is 5.10 Å². The number of halogens is 1. The monoisotopic (exact) mass is 234 g/mol. The van der Waals surface area contributed by atoms with Crippen LogP contribution in [0.3, 0.4) is 0 Å². The van der Waals surface area contributed by atoms with Gasteiger partial charge in [0.25, 0.3) is 5.56 Å². The van der Waals surface area contributed by atoms with Gasteiger partial charge >= 0.3 is 0 Å². The fourth-order valence-electron chi connectivity index (χ4n) is 1.40. The largest absolute Gasteiger partial charge is 0.284 e. The van der Waals surface area contributed by atoms with Crippen molar-refractivity contribution in [2.75, 3.05) is 0 Å². The number of rotatable bonds is 3. The minimum atomic E-state index is -0.122. The lowest BCUT2D eigenvalue weighted by molar-refractivity contribution is 0.679. The second-order valence-corrected chi connectivity index (χ2v) is 3.77. The van der Waals surface area contributed by atoms with Gasteiger partial charge in [-0.3, -0.25) is 9.89 Å². The van der Waals surface area contributed by atoms with Crippen LogP contribution in [0.1, 0.15) is 5.56 Å². The number of hydrogen-bond acceptors (Lipinski definition) is 1. The SMILES string of the molecule is O=c1cc(Cl)[nH]n1CC=Cc1ccccc1. The molecule has 0 aliphatic carbocycles. The molecule has 1 heterocycles. The number of hydrogen-bond donors (Lipinski definition) is 1. The predicted octanol–water partition coefficient (Wildman–Crippen LogP) is 2.54. The van der Waals surface area contributed by atoms with Gasteiger partial charge in [-0.05, 0) is 5.56 Å². The Kier molecular flexibility index (Phi) is 3.27. The Hall–Kier alpha value is -1.74. The van der Waals surface area contributed by atoms with E-state index in [0.717, 1.165) is 5.56 Å². The molecule has 4 heteroatoms. The molecule has 2 aromatic rings. The quantitative estimate of drug-likeness (QED) is 0.871. The van der Waals surface area contributed by atoms with Crippen LogP contribution in [0.15, 0.2) is 47.3 Å². The molecule has 2 rings (SSSR count). The van der Waals surface area contributed by atoms with E-state index in [0.29, 0.717) is 11.7 Å². The number of aromatic amines is 1. The second-order valence-electron chi connectivity index (χ2n) is 3.37. The summed E-state index contributed by atoms with van der Waals surface area (Å²) < 4.78 is 1.45. The number of allylic oxidation sites excluding steroid dienone is 1. The van der Waals surface area contributed by atoms with Crippen LogP contribution in [0, 0.1) is 0 Å². The lowest BCUT2D eigenvalue weighted by Gasteiger charge is -1.95. The molecule has 1 aromatic heterocycles. The Morgan fingerprint density at radius 1 is 1.31 bits per heavy atom. The molecular weight excluding hydrogens is 224 g/mol. The Labute approximate surface area is 98.0 Å². The molecule has 0 saturated heterocycles. The molecule has 3 nitrogen and oxygen atoms in total. The summed E-state index contributed by atoms with van der Waals surface area (Å²) >= 11 is 5.66. The van der Waals surface area contributed by atoms with Crippen LogP contribution in [0.4, 0.5) is 0 Å². The topological polar surface area (TPSA) is 37.8 Å². The number of aromatic nitrogens is 2. The summed E-state index contributed by atoms with van der Waals surface area (Å²) in [6.07, 6.45) is 3.87. The van der Waals surface area contributed by atoms with Crippen LogP contribution in [-0.4, -0.2) is 9.78 Å². The van der Waals surface area contributed by atoms with Gasteiger partial charge in [-0.2, -0.15) is 0 Å². The average Bonchev–Trinajstić information content (AvgIpc) is 2.59. The van der Waals surface area contributed by atoms with E-state index in [1.54, 1.807) is 0 Å². The number of H-pyrrole nitrogens is 1. The van der Waals surface area contributed by atoms with Crippen molar-refractivity contribution in [1.82, 2.24) is 9.78 Å². The Balaban J connectivity index is 2.05. The molecule has 16 heavy (non-hydrogen) atoms. The second kappa shape index (κ2) is 4.86. The molecule has 1 N–H and O–H groups in total. The van der Waals surface area contributed by atoms with E-state index < -0.39 is 0 Å². The molecule has 0 fully saturated rings. The fourth-order valence-corrected chi connectivity index (χ4v) is 1.59. The van der Waals surface area contributed by atoms with Crippen LogP contribution in [0.5, 0.6) is 0 Å². The molecule has 0 unspecified atom stereocenters. The van der Waals surface area contributed by atoms with Gasteiger partial charge in [-0.15, -0.1) is 0 Å². The molecule has 0 radical (unpaired) electrons. The smallest absolute Gasteiger partial charge is 0.268 e. The highest BCUT2D eigenvalue weighted by atomic mass is 35.5. The van der Waals surface area contributed by atoms with Gasteiger partial charge in [0.2, 0.25) is 0 Å². The Morgan fingerprint density at radius 2 is 2.06 bits per heavy atom. The highest BCUT2D eigenvalue weighted by Gasteiger charge is 1.97. The molecule has 82 valence electrons. The van der Waals surface area contributed by atoms with Gasteiger partial charge in [-0.1, -0.05) is 54.1 Å². The van der Waals surface area contributed by atoms with E-state index in [9.17, 15) is 4.79 Å². The first-order chi connectivity index (χ1) is 7.75. The van der Waals surface area contributed by atoms with E-state index in [4.69, 9.17) is 11.6 Å². The van der Waals surface area contributed by atoms with Gasteiger partial charge in [0.05, 0.1) is 6.54 Å². The summed E-state index contributed by atoms with van der Waals surface area (Å²) in [5, 5.41) is 3.11. The maximum atomic E-state index is 11.3. The third-order valence-corrected chi connectivity index (χ3v) is 2.35. The fraction of sp³-hybridized carbons (Fsp3) is 0.0833. The van der Waals surface area contributed by atoms with E-state index in [-0.39, 0.29) is 5.56 Å². The summed E-state index contributed by atoms with van der Waals surface area (Å²) in [4.78, 5) is 11.3. The zero-order valence-corrected chi connectivity index (χ0v) is 9.32. The number of nitrogens with one attached hydrogen (secondary N) is 1. The van der Waals surface area contributed by atoms with Crippen molar-refractivity contribution in [3.05, 3.63) is 63.5 Å². The van der Waals surface area contributed by atoms with Crippen molar-refractivity contribution < 1.29 is 0 Å². The van der Waals surface area contributed by atoms with Crippen LogP contribution in [-0.2, 0) is 6.54 Å². The van der Waals surface area contributed by atoms with Crippen LogP contribution < -0.4 is 5.56 Å². The molecule has 0 bridgehead atoms. The molecule has 0 aliphatic heterocycles. The van der Waals surface area contributed by atoms with Crippen LogP contribution >= 0.6 is 11.6 Å². The van der Waals surface area contributed by atoms with Crippen molar-refractivity contribution in [3.63, 3.8) is 0 Å². The number of nitrogens with zero attached hydrogens (tertiary/aromatic N) is 1. The lowest BCUT2D eigenvalue weighted by Crippen LogP contribution is -2.14. The van der Waals surface area contributed by atoms with Crippen molar-refractivity contribution in [2.24, 2.45) is 0 Å². The van der Waals surface area contributed by atoms with Crippen molar-refractivity contribution in [3.8, 4) is 0 Å². The van der Waals surface area contributed by atoms with Crippen molar-refractivity contribution >= 4 is 17.7 Å². The van der Waals surface area contributed by atoms with Crippen LogP contribution in [0.25, 0.3) is 6.08 Å². The average molecular weight is 235 g/mol. The summed E-state index contributed by atoms with van der Waals surface area (Å²) in [6, 6.07) is 11.3. The van der Waals surface area contributed by atoms with Gasteiger partial charge in [0.15, 0.2) is 0 Å². The molecule has 0 saturated carbocycles. The minimum absolute atomic E-state index is 0.122. The minimum Gasteiger partial charge on any atom is -0.284 e. The van der Waals surface area contributed by atoms with Crippen molar-refractivity contribution in [2.45, 2.75) is 6.54 Å². The van der Waals surface area contributed by atoms with Crippen LogP contribution in [0.2, 0.25) is 5.15 Å². The maximum Gasteiger partial charge on any atom is 0.268 e. The summed E-state index contributed by atoms with van der Waals surface area (Å²) in [5.74, 6) is 0. The molecule has 0 amide bonds. The first kappa shape index (κ1) is 10.8. The molecular formula is C12H11ClN2O. The summed E-state index contributed by atoms with van der Waals surface area (Å²) in [6.45, 7) is 0.487. The third kappa shape index (κ3) is 2.64. The zero-order chi connectivity index (χ0) is 11.4. The summed E-state index contributed by atoms with van der Waals surface area (Å²) in [5.41, 5.74) is 0.982. The van der Waals surface area contributed by atoms with Gasteiger partial charge < -0.3 is 0 Å². The number of benzene rings is 1. The van der Waals surface area contributed by atoms with E-state index in [1.165, 1.54) is 10.7 Å². The summed E-state index contributed by atoms with van der Waals surface area (Å²) in [7, 11) is 0. The third-order valence-electron chi connectivity index (χ3n) is 2.16. The molecule has 1 aromatic carbocycles. The van der Waals surface area contributed by atoms with Gasteiger partial charge in [0.1, 0.15) is 5.15 Å². The Bertz CT molecular complexity index is 540. The van der Waals surface area contributed by atoms with E-state index in [1.807, 2.05) is 42.5 Å². The van der Waals surface area contributed by atoms with Gasteiger partial charge in [-0.25, -0.2) is 4.68 Å². The zero-order valence-electron chi connectivity index (χ0n) is 8.56. The highest BCUT2D eigenvalue weighted by molar-refractivity contribution is 6.29. The standard InChI is InChI=1S/C12H11ClN2O/c13-11-9-12(16)15(14-11)8-4-7-10-5-2-1-3-6-10/h1-7,9,14H,8H2. The van der Waals surface area contributed by atoms with E-state index >= 15 is 0 Å². The lowest BCUT2D eigenvalue weighted by atomic mass is 10.2. The molecule has 0 spiro atoms.